The summed E-state index contributed by atoms with van der Waals surface area (Å²) in [6, 6.07) is 76.8. The van der Waals surface area contributed by atoms with Crippen molar-refractivity contribution in [1.82, 2.24) is 9.61 Å². The first-order valence-electron chi connectivity index (χ1n) is 20.4. The second kappa shape index (κ2) is 13.9. The number of hydrogen-bond acceptors (Lipinski definition) is 2. The number of nitrogens with zero attached hydrogens (tertiary/aromatic N) is 3. The molecule has 0 unspecified atom stereocenters. The van der Waals surface area contributed by atoms with Crippen molar-refractivity contribution in [2.24, 2.45) is 0 Å². The molecule has 2 aromatic heterocycles. The van der Waals surface area contributed by atoms with Gasteiger partial charge in [-0.2, -0.15) is 5.10 Å². The first-order valence-corrected chi connectivity index (χ1v) is 20.4. The minimum atomic E-state index is -0.159. The Morgan fingerprint density at radius 1 is 0.424 bits per heavy atom. The molecule has 2 heterocycles. The van der Waals surface area contributed by atoms with Crippen LogP contribution in [0.3, 0.4) is 0 Å². The van der Waals surface area contributed by atoms with Gasteiger partial charge in [-0.1, -0.05) is 196 Å². The molecule has 0 saturated carbocycles. The second-order valence-electron chi connectivity index (χ2n) is 16.0. The van der Waals surface area contributed by atoms with Crippen molar-refractivity contribution in [3.63, 3.8) is 0 Å². The Labute approximate surface area is 345 Å². The zero-order valence-electron chi connectivity index (χ0n) is 33.0. The average molecular weight is 756 g/mol. The van der Waals surface area contributed by atoms with Gasteiger partial charge < -0.3 is 4.90 Å². The molecule has 0 radical (unpaired) electrons. The van der Waals surface area contributed by atoms with Crippen LogP contribution < -0.4 is 4.90 Å². The van der Waals surface area contributed by atoms with Gasteiger partial charge in [-0.05, 0) is 63.7 Å². The molecule has 59 heavy (non-hydrogen) atoms. The van der Waals surface area contributed by atoms with Crippen molar-refractivity contribution in [1.29, 1.82) is 0 Å². The van der Waals surface area contributed by atoms with Crippen LogP contribution in [0.5, 0.6) is 0 Å². The van der Waals surface area contributed by atoms with Crippen LogP contribution in [-0.2, 0) is 5.41 Å². The van der Waals surface area contributed by atoms with Crippen LogP contribution in [0, 0.1) is 0 Å². The van der Waals surface area contributed by atoms with Crippen molar-refractivity contribution in [2.75, 3.05) is 4.90 Å². The highest BCUT2D eigenvalue weighted by Crippen LogP contribution is 2.52. The fourth-order valence-corrected chi connectivity index (χ4v) is 9.41. The van der Waals surface area contributed by atoms with E-state index in [1.807, 2.05) is 0 Å². The Morgan fingerprint density at radius 2 is 0.983 bits per heavy atom. The Balaban J connectivity index is 1.26. The van der Waals surface area contributed by atoms with E-state index in [4.69, 9.17) is 5.10 Å². The van der Waals surface area contributed by atoms with Crippen molar-refractivity contribution in [3.8, 4) is 55.9 Å². The topological polar surface area (TPSA) is 20.5 Å². The van der Waals surface area contributed by atoms with Gasteiger partial charge in [-0.25, -0.2) is 4.52 Å². The minimum absolute atomic E-state index is 0.159. The summed E-state index contributed by atoms with van der Waals surface area (Å²) in [6.07, 6.45) is 0. The third kappa shape index (κ3) is 5.61. The molecule has 3 nitrogen and oxygen atoms in total. The molecule has 0 atom stereocenters. The molecular weight excluding hydrogens is 715 g/mol. The molecule has 0 saturated heterocycles. The summed E-state index contributed by atoms with van der Waals surface area (Å²) in [4.78, 5) is 2.49. The molecule has 10 aromatic rings. The number of hydrogen-bond donors (Lipinski definition) is 0. The monoisotopic (exact) mass is 755 g/mol. The highest BCUT2D eigenvalue weighted by molar-refractivity contribution is 6.13. The minimum Gasteiger partial charge on any atom is -0.309 e. The van der Waals surface area contributed by atoms with E-state index in [9.17, 15) is 0 Å². The molecule has 11 rings (SSSR count). The van der Waals surface area contributed by atoms with Crippen molar-refractivity contribution < 1.29 is 0 Å². The lowest BCUT2D eigenvalue weighted by Crippen LogP contribution is -2.17. The highest BCUT2D eigenvalue weighted by atomic mass is 15.2. The largest absolute Gasteiger partial charge is 0.309 e. The zero-order chi connectivity index (χ0) is 39.5. The van der Waals surface area contributed by atoms with Gasteiger partial charge in [0.05, 0.1) is 22.6 Å². The first kappa shape index (κ1) is 34.7. The maximum Gasteiger partial charge on any atom is 0.101 e. The third-order valence-electron chi connectivity index (χ3n) is 12.2. The normalized spacial score (nSPS) is 12.7. The second-order valence-corrected chi connectivity index (χ2v) is 16.0. The van der Waals surface area contributed by atoms with Crippen LogP contribution >= 0.6 is 0 Å². The molecule has 0 spiro atoms. The number of benzene rings is 8. The predicted molar refractivity (Wildman–Crippen MR) is 247 cm³/mol. The smallest absolute Gasteiger partial charge is 0.101 e. The molecule has 280 valence electrons. The number of aromatic nitrogens is 2. The van der Waals surface area contributed by atoms with Crippen LogP contribution in [-0.4, -0.2) is 9.61 Å². The molecule has 3 heteroatoms. The van der Waals surface area contributed by atoms with Gasteiger partial charge in [0.1, 0.15) is 5.69 Å². The summed E-state index contributed by atoms with van der Waals surface area (Å²) in [5.41, 5.74) is 18.3. The summed E-state index contributed by atoms with van der Waals surface area (Å²) in [6.45, 7) is 4.72. The van der Waals surface area contributed by atoms with E-state index in [1.165, 1.54) is 27.8 Å². The van der Waals surface area contributed by atoms with Gasteiger partial charge in [-0.15, -0.1) is 0 Å². The SMILES string of the molecule is CC1(C)c2ccccc2-c2ccc(N(c3ccccc3-c3ccccc3)c3cccc4c3cc(-c3ccccc3)n3nc(-c5ccccc5)c(-c5ccccc5)c43)cc21. The van der Waals surface area contributed by atoms with Gasteiger partial charge in [0, 0.05) is 44.1 Å². The van der Waals surface area contributed by atoms with E-state index in [2.05, 4.69) is 236 Å². The molecule has 8 aromatic carbocycles. The predicted octanol–water partition coefficient (Wildman–Crippen LogP) is 14.9. The van der Waals surface area contributed by atoms with Gasteiger partial charge in [0.15, 0.2) is 0 Å². The number of rotatable bonds is 7. The molecule has 1 aliphatic carbocycles. The lowest BCUT2D eigenvalue weighted by atomic mass is 9.82. The Morgan fingerprint density at radius 3 is 1.69 bits per heavy atom. The van der Waals surface area contributed by atoms with E-state index < -0.39 is 0 Å². The molecule has 0 fully saturated rings. The summed E-state index contributed by atoms with van der Waals surface area (Å²) >= 11 is 0. The lowest BCUT2D eigenvalue weighted by Gasteiger charge is -2.31. The number of fused-ring (bicyclic) bond motifs is 6. The van der Waals surface area contributed by atoms with Crippen LogP contribution in [0.2, 0.25) is 0 Å². The van der Waals surface area contributed by atoms with E-state index in [0.29, 0.717) is 0 Å². The molecule has 0 bridgehead atoms. The average Bonchev–Trinajstić information content (AvgIpc) is 3.81. The third-order valence-corrected chi connectivity index (χ3v) is 12.2. The van der Waals surface area contributed by atoms with E-state index in [0.717, 1.165) is 72.6 Å². The van der Waals surface area contributed by atoms with E-state index in [1.54, 1.807) is 0 Å². The number of pyridine rings is 1. The molecule has 0 aliphatic heterocycles. The fraction of sp³-hybridized carbons (Fsp3) is 0.0536. The van der Waals surface area contributed by atoms with Crippen molar-refractivity contribution >= 4 is 33.4 Å². The van der Waals surface area contributed by atoms with Gasteiger partial charge >= 0.3 is 0 Å². The molecule has 1 aliphatic rings. The van der Waals surface area contributed by atoms with E-state index in [-0.39, 0.29) is 5.41 Å². The summed E-state index contributed by atoms with van der Waals surface area (Å²) in [7, 11) is 0. The Hall–Kier alpha value is -7.49. The highest BCUT2D eigenvalue weighted by Gasteiger charge is 2.36. The zero-order valence-corrected chi connectivity index (χ0v) is 33.0. The standard InChI is InChI=1S/C56H41N3/c1-56(2)48-31-17-15-29-44(48)45-35-34-42(36-49(45)56)58(50-32-18-16-28-43(50)38-20-7-3-8-21-38)51-33-19-30-46-47(51)37-52(39-22-9-4-10-23-39)59-55(46)53(40-24-11-5-12-25-40)54(57-59)41-26-13-6-14-27-41/h3-37H,1-2H3. The maximum atomic E-state index is 5.51. The van der Waals surface area contributed by atoms with Crippen LogP contribution in [0.4, 0.5) is 17.1 Å². The van der Waals surface area contributed by atoms with Crippen LogP contribution in [0.25, 0.3) is 72.2 Å². The van der Waals surface area contributed by atoms with Crippen molar-refractivity contribution in [3.05, 3.63) is 223 Å². The van der Waals surface area contributed by atoms with E-state index >= 15 is 0 Å². The lowest BCUT2D eigenvalue weighted by molar-refractivity contribution is 0.660. The van der Waals surface area contributed by atoms with Gasteiger partial charge in [-0.3, -0.25) is 0 Å². The fourth-order valence-electron chi connectivity index (χ4n) is 9.41. The Kier molecular flexibility index (Phi) is 8.16. The molecule has 0 N–H and O–H groups in total. The van der Waals surface area contributed by atoms with Crippen LogP contribution in [0.1, 0.15) is 25.0 Å². The van der Waals surface area contributed by atoms with Crippen molar-refractivity contribution in [2.45, 2.75) is 19.3 Å². The summed E-state index contributed by atoms with van der Waals surface area (Å²) in [5.74, 6) is 0. The maximum absolute atomic E-state index is 5.51. The van der Waals surface area contributed by atoms with Gasteiger partial charge in [0.2, 0.25) is 0 Å². The quantitative estimate of drug-likeness (QED) is 0.161. The van der Waals surface area contributed by atoms with Gasteiger partial charge in [0.25, 0.3) is 0 Å². The molecular formula is C56H41N3. The number of para-hydroxylation sites is 1. The Bertz CT molecular complexity index is 3170. The molecule has 0 amide bonds. The number of anilines is 3. The van der Waals surface area contributed by atoms with Crippen LogP contribution in [0.15, 0.2) is 212 Å². The summed E-state index contributed by atoms with van der Waals surface area (Å²) in [5, 5.41) is 7.78. The first-order chi connectivity index (χ1) is 29.1. The summed E-state index contributed by atoms with van der Waals surface area (Å²) < 4.78 is 2.18.